The van der Waals surface area contributed by atoms with Crippen LogP contribution < -0.4 is 0 Å². The van der Waals surface area contributed by atoms with E-state index in [0.29, 0.717) is 36.1 Å². The van der Waals surface area contributed by atoms with Gasteiger partial charge in [-0.3, -0.25) is 4.79 Å². The minimum absolute atomic E-state index is 0.0334. The van der Waals surface area contributed by atoms with Gasteiger partial charge in [0.15, 0.2) is 0 Å². The van der Waals surface area contributed by atoms with Crippen LogP contribution in [0.3, 0.4) is 0 Å². The first-order valence-corrected chi connectivity index (χ1v) is 9.60. The van der Waals surface area contributed by atoms with Crippen LogP contribution in [0.5, 0.6) is 0 Å². The van der Waals surface area contributed by atoms with Crippen molar-refractivity contribution in [3.05, 3.63) is 76.6 Å². The van der Waals surface area contributed by atoms with Crippen LogP contribution in [-0.2, 0) is 11.3 Å². The Morgan fingerprint density at radius 2 is 1.89 bits per heavy atom. The summed E-state index contributed by atoms with van der Waals surface area (Å²) in [7, 11) is 0. The van der Waals surface area contributed by atoms with Crippen LogP contribution >= 0.6 is 23.2 Å². The van der Waals surface area contributed by atoms with Crippen molar-refractivity contribution in [2.75, 3.05) is 13.1 Å². The van der Waals surface area contributed by atoms with Crippen LogP contribution in [0.25, 0.3) is 11.0 Å². The van der Waals surface area contributed by atoms with Gasteiger partial charge in [-0.15, -0.1) is 6.58 Å². The van der Waals surface area contributed by atoms with E-state index in [4.69, 9.17) is 28.2 Å². The smallest absolute Gasteiger partial charge is 0.223 e. The largest absolute Gasteiger partial charge is 0.338 e. The third kappa shape index (κ3) is 3.35. The summed E-state index contributed by atoms with van der Waals surface area (Å²) in [4.78, 5) is 19.0. The fourth-order valence-corrected chi connectivity index (χ4v) is 4.21. The van der Waals surface area contributed by atoms with Gasteiger partial charge in [0.05, 0.1) is 17.6 Å². The third-order valence-electron chi connectivity index (χ3n) is 4.99. The van der Waals surface area contributed by atoms with Crippen molar-refractivity contribution in [3.63, 3.8) is 0 Å². The van der Waals surface area contributed by atoms with Crippen molar-refractivity contribution in [2.45, 2.75) is 18.9 Å². The molecule has 0 N–H and O–H groups in total. The van der Waals surface area contributed by atoms with Gasteiger partial charge in [0.25, 0.3) is 0 Å². The molecular weight excluding hydrogens is 381 g/mol. The molecule has 1 fully saturated rings. The van der Waals surface area contributed by atoms with Crippen LogP contribution in [0, 0.1) is 0 Å². The van der Waals surface area contributed by atoms with Gasteiger partial charge in [-0.2, -0.15) is 0 Å². The fourth-order valence-electron chi connectivity index (χ4n) is 3.69. The molecule has 0 spiro atoms. The number of carbonyl (C=O) groups excluding carboxylic acids is 1. The number of aromatic nitrogens is 2. The molecule has 0 saturated carbocycles. The Hall–Kier alpha value is -2.30. The van der Waals surface area contributed by atoms with Crippen molar-refractivity contribution in [2.24, 2.45) is 0 Å². The molecule has 6 heteroatoms. The van der Waals surface area contributed by atoms with Gasteiger partial charge in [0.1, 0.15) is 5.82 Å². The Morgan fingerprint density at radius 3 is 2.63 bits per heavy atom. The first-order chi connectivity index (χ1) is 13.1. The average Bonchev–Trinajstić information content (AvgIpc) is 3.19. The number of hydrogen-bond acceptors (Lipinski definition) is 2. The molecule has 0 bridgehead atoms. The molecule has 1 aromatic heterocycles. The molecule has 0 unspecified atom stereocenters. The maximum absolute atomic E-state index is 12.3. The quantitative estimate of drug-likeness (QED) is 0.572. The maximum atomic E-state index is 12.3. The highest BCUT2D eigenvalue weighted by Gasteiger charge is 2.33. The van der Waals surface area contributed by atoms with E-state index >= 15 is 0 Å². The lowest BCUT2D eigenvalue weighted by molar-refractivity contribution is -0.127. The number of benzene rings is 2. The van der Waals surface area contributed by atoms with Crippen molar-refractivity contribution in [1.29, 1.82) is 0 Å². The zero-order valence-corrected chi connectivity index (χ0v) is 16.2. The molecule has 1 saturated heterocycles. The average molecular weight is 400 g/mol. The Labute approximate surface area is 168 Å². The lowest BCUT2D eigenvalue weighted by Gasteiger charge is -2.16. The zero-order chi connectivity index (χ0) is 19.0. The van der Waals surface area contributed by atoms with Gasteiger partial charge in [-0.25, -0.2) is 4.98 Å². The van der Waals surface area contributed by atoms with E-state index < -0.39 is 0 Å². The summed E-state index contributed by atoms with van der Waals surface area (Å²) in [5.41, 5.74) is 2.78. The number of carbonyl (C=O) groups is 1. The Bertz CT molecular complexity index is 1010. The number of fused-ring (bicyclic) bond motifs is 1. The number of nitrogens with zero attached hydrogens (tertiary/aromatic N) is 3. The normalized spacial score (nSPS) is 17.0. The fraction of sp³-hybridized carbons (Fsp3) is 0.238. The molecular formula is C21H19Cl2N3O. The summed E-state index contributed by atoms with van der Waals surface area (Å²) in [6, 6.07) is 13.5. The third-order valence-corrected chi connectivity index (χ3v) is 5.70. The van der Waals surface area contributed by atoms with Crippen molar-refractivity contribution >= 4 is 40.1 Å². The number of rotatable bonds is 5. The van der Waals surface area contributed by atoms with E-state index in [1.54, 1.807) is 6.08 Å². The van der Waals surface area contributed by atoms with Crippen molar-refractivity contribution in [3.8, 4) is 0 Å². The van der Waals surface area contributed by atoms with Gasteiger partial charge in [-0.05, 0) is 24.3 Å². The topological polar surface area (TPSA) is 38.1 Å². The summed E-state index contributed by atoms with van der Waals surface area (Å²) in [6.45, 7) is 5.46. The van der Waals surface area contributed by atoms with E-state index in [1.807, 2.05) is 47.4 Å². The number of likely N-dealkylation sites (tertiary alicyclic amines) is 1. The minimum atomic E-state index is 0.0334. The van der Waals surface area contributed by atoms with E-state index in [2.05, 4.69) is 11.1 Å². The number of hydrogen-bond donors (Lipinski definition) is 0. The Kier molecular flexibility index (Phi) is 4.94. The monoisotopic (exact) mass is 399 g/mol. The Balaban J connectivity index is 1.79. The van der Waals surface area contributed by atoms with Gasteiger partial charge < -0.3 is 9.47 Å². The van der Waals surface area contributed by atoms with Crippen LogP contribution in [0.2, 0.25) is 10.0 Å². The van der Waals surface area contributed by atoms with Gasteiger partial charge in [-0.1, -0.05) is 47.5 Å². The van der Waals surface area contributed by atoms with E-state index in [0.717, 1.165) is 22.4 Å². The number of para-hydroxylation sites is 2. The second kappa shape index (κ2) is 7.37. The molecule has 1 atom stereocenters. The zero-order valence-electron chi connectivity index (χ0n) is 14.7. The van der Waals surface area contributed by atoms with Crippen LogP contribution in [0.1, 0.15) is 23.7 Å². The standard InChI is InChI=1S/C21H19Cl2N3O/c1-2-10-25-12-14(11-20(25)27)21-24-18-8-3-4-9-19(18)26(21)13-15-16(22)6-5-7-17(15)23/h2-9,14H,1,10-13H2/t14-/m1/s1. The highest BCUT2D eigenvalue weighted by atomic mass is 35.5. The summed E-state index contributed by atoms with van der Waals surface area (Å²) in [6.07, 6.45) is 2.21. The summed E-state index contributed by atoms with van der Waals surface area (Å²) < 4.78 is 2.14. The van der Waals surface area contributed by atoms with E-state index in [9.17, 15) is 4.79 Å². The molecule has 3 aromatic rings. The van der Waals surface area contributed by atoms with Crippen LogP contribution in [0.15, 0.2) is 55.1 Å². The minimum Gasteiger partial charge on any atom is -0.338 e. The SMILES string of the molecule is C=CCN1C[C@H](c2nc3ccccc3n2Cc2c(Cl)cccc2Cl)CC1=O. The maximum Gasteiger partial charge on any atom is 0.223 e. The molecule has 1 aliphatic heterocycles. The van der Waals surface area contributed by atoms with Gasteiger partial charge >= 0.3 is 0 Å². The van der Waals surface area contributed by atoms with Crippen LogP contribution in [-0.4, -0.2) is 33.4 Å². The van der Waals surface area contributed by atoms with Crippen LogP contribution in [0.4, 0.5) is 0 Å². The first-order valence-electron chi connectivity index (χ1n) is 8.85. The van der Waals surface area contributed by atoms with E-state index in [-0.39, 0.29) is 11.8 Å². The molecule has 4 rings (SSSR count). The van der Waals surface area contributed by atoms with Gasteiger partial charge in [0, 0.05) is 41.0 Å². The second-order valence-electron chi connectivity index (χ2n) is 6.73. The molecule has 27 heavy (non-hydrogen) atoms. The number of imidazole rings is 1. The highest BCUT2D eigenvalue weighted by Crippen LogP contribution is 2.33. The summed E-state index contributed by atoms with van der Waals surface area (Å²) >= 11 is 12.8. The van der Waals surface area contributed by atoms with Gasteiger partial charge in [0.2, 0.25) is 5.91 Å². The molecule has 138 valence electrons. The predicted octanol–water partition coefficient (Wildman–Crippen LogP) is 4.89. The summed E-state index contributed by atoms with van der Waals surface area (Å²) in [5.74, 6) is 1.06. The number of halogens is 2. The lowest BCUT2D eigenvalue weighted by atomic mass is 10.1. The molecule has 4 nitrogen and oxygen atoms in total. The lowest BCUT2D eigenvalue weighted by Crippen LogP contribution is -2.25. The second-order valence-corrected chi connectivity index (χ2v) is 7.55. The number of amides is 1. The molecule has 2 heterocycles. The van der Waals surface area contributed by atoms with E-state index in [1.165, 1.54) is 0 Å². The highest BCUT2D eigenvalue weighted by molar-refractivity contribution is 6.36. The Morgan fingerprint density at radius 1 is 1.15 bits per heavy atom. The predicted molar refractivity (Wildman–Crippen MR) is 109 cm³/mol. The summed E-state index contributed by atoms with van der Waals surface area (Å²) in [5, 5.41) is 1.25. The molecule has 1 aliphatic rings. The molecule has 1 amide bonds. The molecule has 0 radical (unpaired) electrons. The first kappa shape index (κ1) is 18.1. The van der Waals surface area contributed by atoms with Crippen molar-refractivity contribution in [1.82, 2.24) is 14.5 Å². The molecule has 0 aliphatic carbocycles. The molecule has 2 aromatic carbocycles. The van der Waals surface area contributed by atoms with Crippen molar-refractivity contribution < 1.29 is 4.79 Å².